The topological polar surface area (TPSA) is 99.4 Å². The van der Waals surface area contributed by atoms with Crippen molar-refractivity contribution in [3.8, 4) is 44.5 Å². The minimum atomic E-state index is -5.23. The summed E-state index contributed by atoms with van der Waals surface area (Å²) in [7, 11) is -10.5. The molecule has 0 spiro atoms. The molecule has 0 aliphatic carbocycles. The van der Waals surface area contributed by atoms with Gasteiger partial charge in [0, 0.05) is 23.6 Å². The molecule has 4 N–H and O–H groups in total. The van der Waals surface area contributed by atoms with Gasteiger partial charge < -0.3 is 28.0 Å². The Morgan fingerprint density at radius 3 is 0.783 bits per heavy atom. The first-order valence-corrected chi connectivity index (χ1v) is 24.6. The smallest absolute Gasteiger partial charge is 0.387 e. The maximum atomic E-state index is 12.7. The van der Waals surface area contributed by atoms with Crippen molar-refractivity contribution in [2.45, 2.75) is 95.9 Å². The Bertz CT molecular complexity index is 2160. The second kappa shape index (κ2) is 17.9. The van der Waals surface area contributed by atoms with Crippen LogP contribution in [0, 0.1) is 83.1 Å². The van der Waals surface area contributed by atoms with Crippen LogP contribution in [0.15, 0.2) is 84.9 Å². The van der Waals surface area contributed by atoms with Crippen LogP contribution in [-0.4, -0.2) is 50.0 Å². The molecule has 1 saturated heterocycles. The Balaban J connectivity index is 0.00000112. The van der Waals surface area contributed by atoms with Gasteiger partial charge in [0.05, 0.1) is 0 Å². The summed E-state index contributed by atoms with van der Waals surface area (Å²) >= 11 is 0. The van der Waals surface area contributed by atoms with E-state index in [4.69, 9.17) is 8.85 Å². The number of hydrogen-bond acceptors (Lipinski definition) is 6. The standard InChI is InChI=1S/C48H54O5Si2.C4H8O/c1-27-19-31(5)43(32(6)20-27)39-15-13-16-40(44-33(7)21-28(2)22-34(44)8)47(39)54(49,50)53-55(51,52)48-41(45-35(9)23-29(3)24-36(45)10)17-14-18-42(48)46-37(11)25-30(4)26-38(46)12;1-2-4-5-3-1/h13-26,49-52H,1-12H3;1-4H2. The zero-order chi connectivity index (χ0) is 43.8. The molecule has 60 heavy (non-hydrogen) atoms. The molecule has 1 aliphatic rings. The lowest BCUT2D eigenvalue weighted by atomic mass is 9.89. The molecule has 0 atom stereocenters. The second-order valence-electron chi connectivity index (χ2n) is 17.2. The Hall–Kier alpha value is -4.49. The Kier molecular flexibility index (Phi) is 13.4. The number of hydrogen-bond donors (Lipinski definition) is 4. The largest absolute Gasteiger partial charge is 0.525 e. The lowest BCUT2D eigenvalue weighted by Crippen LogP contribution is -2.66. The van der Waals surface area contributed by atoms with Gasteiger partial charge in [-0.15, -0.1) is 0 Å². The lowest BCUT2D eigenvalue weighted by Gasteiger charge is -2.32. The highest BCUT2D eigenvalue weighted by atomic mass is 28.5. The minimum Gasteiger partial charge on any atom is -0.387 e. The average Bonchev–Trinajstić information content (AvgIpc) is 3.70. The highest BCUT2D eigenvalue weighted by molar-refractivity contribution is 6.88. The molecule has 0 radical (unpaired) electrons. The molecule has 1 heterocycles. The van der Waals surface area contributed by atoms with E-state index in [2.05, 4.69) is 48.5 Å². The lowest BCUT2D eigenvalue weighted by molar-refractivity contribution is 0.179. The van der Waals surface area contributed by atoms with E-state index < -0.39 is 17.6 Å². The van der Waals surface area contributed by atoms with Gasteiger partial charge in [0.2, 0.25) is 0 Å². The van der Waals surface area contributed by atoms with Gasteiger partial charge in [-0.2, -0.15) is 0 Å². The van der Waals surface area contributed by atoms with Crippen LogP contribution in [0.4, 0.5) is 0 Å². The molecule has 1 aliphatic heterocycles. The summed E-state index contributed by atoms with van der Waals surface area (Å²) in [5.74, 6) is 0. The van der Waals surface area contributed by atoms with E-state index >= 15 is 0 Å². The second-order valence-corrected chi connectivity index (χ2v) is 21.4. The molecular formula is C52H62O6Si2. The fourth-order valence-electron chi connectivity index (χ4n) is 9.87. The zero-order valence-electron chi connectivity index (χ0n) is 37.5. The zero-order valence-corrected chi connectivity index (χ0v) is 39.5. The molecule has 314 valence electrons. The van der Waals surface area contributed by atoms with Gasteiger partial charge in [-0.25, -0.2) is 0 Å². The third kappa shape index (κ3) is 9.22. The van der Waals surface area contributed by atoms with Gasteiger partial charge in [-0.3, -0.25) is 0 Å². The van der Waals surface area contributed by atoms with Crippen LogP contribution in [-0.2, 0) is 8.85 Å². The maximum Gasteiger partial charge on any atom is 0.525 e. The van der Waals surface area contributed by atoms with Gasteiger partial charge in [0.15, 0.2) is 0 Å². The van der Waals surface area contributed by atoms with E-state index in [1.54, 1.807) is 0 Å². The van der Waals surface area contributed by atoms with Crippen molar-refractivity contribution in [3.63, 3.8) is 0 Å². The first-order valence-electron chi connectivity index (χ1n) is 21.0. The van der Waals surface area contributed by atoms with Gasteiger partial charge >= 0.3 is 17.6 Å². The van der Waals surface area contributed by atoms with E-state index in [-0.39, 0.29) is 10.4 Å². The fraction of sp³-hybridized carbons (Fsp3) is 0.308. The van der Waals surface area contributed by atoms with Gasteiger partial charge in [0.1, 0.15) is 0 Å². The number of rotatable bonds is 8. The van der Waals surface area contributed by atoms with E-state index in [0.717, 1.165) is 102 Å². The molecule has 0 unspecified atom stereocenters. The normalized spacial score (nSPS) is 13.1. The predicted octanol–water partition coefficient (Wildman–Crippen LogP) is 9.83. The SMILES string of the molecule is C1CCOC1.Cc1cc(C)c(-c2cccc(-c3c(C)cc(C)cc3C)c2[Si](O)(O)O[Si](O)(O)c2c(-c3c(C)cc(C)cc3C)cccc2-c2c(C)cc(C)cc2C)c(C)c1. The van der Waals surface area contributed by atoms with Crippen molar-refractivity contribution in [1.29, 1.82) is 0 Å². The number of ether oxygens (including phenoxy) is 1. The fourth-order valence-corrected chi connectivity index (χ4v) is 14.5. The highest BCUT2D eigenvalue weighted by Gasteiger charge is 2.53. The quantitative estimate of drug-likeness (QED) is 0.114. The Labute approximate surface area is 359 Å². The summed E-state index contributed by atoms with van der Waals surface area (Å²) in [6.45, 7) is 26.3. The highest BCUT2D eigenvalue weighted by Crippen LogP contribution is 2.38. The molecule has 1 fully saturated rings. The molecule has 0 amide bonds. The molecule has 8 heteroatoms. The van der Waals surface area contributed by atoms with Crippen molar-refractivity contribution >= 4 is 28.0 Å². The van der Waals surface area contributed by atoms with Gasteiger partial charge in [-0.05, 0) is 185 Å². The summed E-state index contributed by atoms with van der Waals surface area (Å²) in [6, 6.07) is 28.0. The minimum absolute atomic E-state index is 0.185. The summed E-state index contributed by atoms with van der Waals surface area (Å²) in [5, 5.41) is 0.369. The molecule has 6 aromatic carbocycles. The van der Waals surface area contributed by atoms with Gasteiger partial charge in [-0.1, -0.05) is 107 Å². The van der Waals surface area contributed by atoms with E-state index in [0.29, 0.717) is 22.3 Å². The van der Waals surface area contributed by atoms with Crippen LogP contribution >= 0.6 is 0 Å². The van der Waals surface area contributed by atoms with Crippen LogP contribution in [0.25, 0.3) is 44.5 Å². The van der Waals surface area contributed by atoms with Crippen LogP contribution < -0.4 is 10.4 Å². The molecule has 0 aromatic heterocycles. The molecule has 6 nitrogen and oxygen atoms in total. The third-order valence-corrected chi connectivity index (χ3v) is 16.3. The van der Waals surface area contributed by atoms with Crippen LogP contribution in [0.3, 0.4) is 0 Å². The molecule has 0 saturated carbocycles. The summed E-state index contributed by atoms with van der Waals surface area (Å²) < 4.78 is 11.3. The van der Waals surface area contributed by atoms with Crippen molar-refractivity contribution in [2.24, 2.45) is 0 Å². The monoisotopic (exact) mass is 838 g/mol. The number of aryl methyl sites for hydroxylation is 12. The predicted molar refractivity (Wildman–Crippen MR) is 252 cm³/mol. The Morgan fingerprint density at radius 1 is 0.383 bits per heavy atom. The van der Waals surface area contributed by atoms with Gasteiger partial charge in [0.25, 0.3) is 0 Å². The maximum absolute atomic E-state index is 12.7. The molecule has 0 bridgehead atoms. The summed E-state index contributed by atoms with van der Waals surface area (Å²) in [5.41, 5.74) is 18.0. The first-order chi connectivity index (χ1) is 28.2. The van der Waals surface area contributed by atoms with E-state index in [1.165, 1.54) is 12.8 Å². The molecule has 6 aromatic rings. The van der Waals surface area contributed by atoms with E-state index in [9.17, 15) is 19.2 Å². The van der Waals surface area contributed by atoms with Crippen LogP contribution in [0.2, 0.25) is 0 Å². The molecular weight excluding hydrogens is 777 g/mol. The first kappa shape index (κ1) is 45.1. The molecule has 7 rings (SSSR count). The van der Waals surface area contributed by atoms with Crippen LogP contribution in [0.1, 0.15) is 79.6 Å². The van der Waals surface area contributed by atoms with E-state index in [1.807, 2.05) is 119 Å². The summed E-state index contributed by atoms with van der Waals surface area (Å²) in [6.07, 6.45) is 2.56. The number of benzene rings is 6. The summed E-state index contributed by atoms with van der Waals surface area (Å²) in [4.78, 5) is 51.0. The Morgan fingerprint density at radius 2 is 0.600 bits per heavy atom. The van der Waals surface area contributed by atoms with Crippen molar-refractivity contribution in [1.82, 2.24) is 0 Å². The van der Waals surface area contributed by atoms with Crippen molar-refractivity contribution < 1.29 is 28.0 Å². The van der Waals surface area contributed by atoms with Crippen LogP contribution in [0.5, 0.6) is 0 Å². The van der Waals surface area contributed by atoms with Crippen molar-refractivity contribution in [3.05, 3.63) is 152 Å². The third-order valence-electron chi connectivity index (χ3n) is 11.7. The van der Waals surface area contributed by atoms with Crippen molar-refractivity contribution in [2.75, 3.05) is 13.2 Å². The average molecular weight is 839 g/mol.